The molecule has 3 saturated heterocycles. The van der Waals surface area contributed by atoms with Gasteiger partial charge < -0.3 is 14.9 Å². The average Bonchev–Trinajstić information content (AvgIpc) is 3.28. The molecule has 5 heterocycles. The van der Waals surface area contributed by atoms with Crippen LogP contribution in [0, 0.1) is 5.82 Å². The van der Waals surface area contributed by atoms with Crippen LogP contribution in [-0.4, -0.2) is 87.4 Å². The molecule has 1 N–H and O–H groups in total. The van der Waals surface area contributed by atoms with Crippen LogP contribution in [0.5, 0.6) is 0 Å². The third-order valence-corrected chi connectivity index (χ3v) is 7.35. The van der Waals surface area contributed by atoms with Gasteiger partial charge in [-0.3, -0.25) is 14.8 Å². The number of hydroxylamine groups is 2. The number of likely N-dealkylation sites (tertiary alicyclic amines) is 2. The number of aromatic nitrogens is 1. The summed E-state index contributed by atoms with van der Waals surface area (Å²) >= 11 is 5.98. The van der Waals surface area contributed by atoms with E-state index in [1.54, 1.807) is 16.2 Å². The van der Waals surface area contributed by atoms with Gasteiger partial charge in [0, 0.05) is 36.5 Å². The van der Waals surface area contributed by atoms with Crippen molar-refractivity contribution in [1.82, 2.24) is 24.7 Å². The Morgan fingerprint density at radius 2 is 2.06 bits per heavy atom. The third kappa shape index (κ3) is 3.72. The highest BCUT2D eigenvalue weighted by Gasteiger charge is 2.44. The van der Waals surface area contributed by atoms with Gasteiger partial charge in [-0.15, -0.1) is 0 Å². The minimum absolute atomic E-state index is 0.0610. The number of amides is 1. The summed E-state index contributed by atoms with van der Waals surface area (Å²) in [6, 6.07) is 0.224. The molecule has 1 aromatic rings. The predicted octanol–water partition coefficient (Wildman–Crippen LogP) is 2.84. The van der Waals surface area contributed by atoms with Crippen molar-refractivity contribution in [3.8, 4) is 0 Å². The van der Waals surface area contributed by atoms with E-state index in [9.17, 15) is 14.3 Å². The Morgan fingerprint density at radius 3 is 2.71 bits per heavy atom. The first kappa shape index (κ1) is 20.8. The van der Waals surface area contributed by atoms with Crippen molar-refractivity contribution in [2.45, 2.75) is 50.4 Å². The molecule has 4 aliphatic rings. The molecule has 8 nitrogen and oxygen atoms in total. The Hall–Kier alpha value is -2.10. The number of piperazine rings is 1. The SMILES string of the molecule is CN1CCC[C@H]1CON1C=C(N2CC3CCC(C2)N3C(=O)O)c2cnc(Cl)c(F)c2C1. The van der Waals surface area contributed by atoms with Crippen LogP contribution in [-0.2, 0) is 11.4 Å². The van der Waals surface area contributed by atoms with Gasteiger partial charge in [-0.05, 0) is 39.3 Å². The lowest BCUT2D eigenvalue weighted by atomic mass is 10.0. The zero-order valence-electron chi connectivity index (χ0n) is 17.5. The highest BCUT2D eigenvalue weighted by atomic mass is 35.5. The normalized spacial score (nSPS) is 28.2. The summed E-state index contributed by atoms with van der Waals surface area (Å²) in [7, 11) is 2.09. The number of nitrogens with zero attached hydrogens (tertiary/aromatic N) is 5. The van der Waals surface area contributed by atoms with Gasteiger partial charge in [-0.2, -0.15) is 0 Å². The molecule has 4 aliphatic heterocycles. The lowest BCUT2D eigenvalue weighted by molar-refractivity contribution is -0.141. The van der Waals surface area contributed by atoms with Gasteiger partial charge in [0.1, 0.15) is 0 Å². The quantitative estimate of drug-likeness (QED) is 0.706. The molecule has 3 fully saturated rings. The number of carbonyl (C=O) groups is 1. The number of hydrogen-bond donors (Lipinski definition) is 1. The van der Waals surface area contributed by atoms with Gasteiger partial charge >= 0.3 is 6.09 Å². The van der Waals surface area contributed by atoms with E-state index in [0.717, 1.165) is 37.9 Å². The zero-order chi connectivity index (χ0) is 21.7. The highest BCUT2D eigenvalue weighted by Crippen LogP contribution is 2.38. The largest absolute Gasteiger partial charge is 0.465 e. The Bertz CT molecular complexity index is 901. The molecule has 0 spiro atoms. The molecular weight excluding hydrogens is 425 g/mol. The monoisotopic (exact) mass is 451 g/mol. The molecule has 31 heavy (non-hydrogen) atoms. The standard InChI is InChI=1S/C21H27ClFN5O3/c1-25-6-2-3-15(25)12-31-27-10-17-16(7-24-20(22)19(17)23)18(11-27)26-8-13-4-5-14(9-26)28(13)21(29)30/h7,11,13-15H,2-6,8-10,12H2,1H3,(H,29,30)/t13?,14?,15-/m0/s1. The summed E-state index contributed by atoms with van der Waals surface area (Å²) in [6.07, 6.45) is 6.57. The lowest BCUT2D eigenvalue weighted by Crippen LogP contribution is -2.55. The minimum Gasteiger partial charge on any atom is -0.465 e. The van der Waals surface area contributed by atoms with E-state index in [4.69, 9.17) is 16.4 Å². The van der Waals surface area contributed by atoms with Crippen molar-refractivity contribution < 1.29 is 19.1 Å². The fraction of sp³-hybridized carbons (Fsp3) is 0.619. The number of halogens is 2. The second kappa shape index (κ2) is 8.11. The molecule has 2 unspecified atom stereocenters. The molecule has 0 aliphatic carbocycles. The number of hydrogen-bond acceptors (Lipinski definition) is 6. The van der Waals surface area contributed by atoms with Crippen molar-refractivity contribution >= 4 is 23.4 Å². The highest BCUT2D eigenvalue weighted by molar-refractivity contribution is 6.29. The first-order valence-corrected chi connectivity index (χ1v) is 11.2. The van der Waals surface area contributed by atoms with E-state index in [2.05, 4.69) is 21.8 Å². The predicted molar refractivity (Wildman–Crippen MR) is 113 cm³/mol. The van der Waals surface area contributed by atoms with Gasteiger partial charge in [0.2, 0.25) is 0 Å². The number of fused-ring (bicyclic) bond motifs is 3. The topological polar surface area (TPSA) is 72.4 Å². The minimum atomic E-state index is -0.865. The fourth-order valence-electron chi connectivity index (χ4n) is 5.40. The molecule has 0 radical (unpaired) electrons. The van der Waals surface area contributed by atoms with Crippen LogP contribution in [0.3, 0.4) is 0 Å². The molecular formula is C21H27ClFN5O3. The molecule has 1 amide bonds. The average molecular weight is 452 g/mol. The third-order valence-electron chi connectivity index (χ3n) is 7.08. The van der Waals surface area contributed by atoms with E-state index >= 15 is 0 Å². The van der Waals surface area contributed by atoms with Crippen LogP contribution in [0.4, 0.5) is 9.18 Å². The van der Waals surface area contributed by atoms with E-state index in [0.29, 0.717) is 36.9 Å². The molecule has 0 aromatic carbocycles. The molecule has 0 saturated carbocycles. The van der Waals surface area contributed by atoms with Crippen LogP contribution >= 0.6 is 11.6 Å². The molecule has 3 atom stereocenters. The van der Waals surface area contributed by atoms with Gasteiger partial charge in [0.25, 0.3) is 0 Å². The van der Waals surface area contributed by atoms with E-state index in [1.165, 1.54) is 0 Å². The molecule has 2 bridgehead atoms. The van der Waals surface area contributed by atoms with E-state index in [-0.39, 0.29) is 23.8 Å². The summed E-state index contributed by atoms with van der Waals surface area (Å²) < 4.78 is 14.9. The van der Waals surface area contributed by atoms with Crippen LogP contribution in [0.2, 0.25) is 5.15 Å². The Kier molecular flexibility index (Phi) is 5.44. The number of likely N-dealkylation sites (N-methyl/N-ethyl adjacent to an activating group) is 1. The van der Waals surface area contributed by atoms with Crippen molar-refractivity contribution in [2.75, 3.05) is 33.3 Å². The van der Waals surface area contributed by atoms with Crippen molar-refractivity contribution in [3.63, 3.8) is 0 Å². The molecule has 10 heteroatoms. The van der Waals surface area contributed by atoms with Crippen LogP contribution in [0.25, 0.3) is 5.70 Å². The first-order chi connectivity index (χ1) is 14.9. The van der Waals surface area contributed by atoms with Gasteiger partial charge in [-0.25, -0.2) is 14.2 Å². The van der Waals surface area contributed by atoms with Gasteiger partial charge in [0.15, 0.2) is 11.0 Å². The van der Waals surface area contributed by atoms with E-state index in [1.807, 2.05) is 6.20 Å². The lowest BCUT2D eigenvalue weighted by Gasteiger charge is -2.43. The van der Waals surface area contributed by atoms with Gasteiger partial charge in [0.05, 0.1) is 37.1 Å². The second-order valence-corrected chi connectivity index (χ2v) is 9.26. The van der Waals surface area contributed by atoms with Crippen LogP contribution in [0.15, 0.2) is 12.4 Å². The maximum atomic E-state index is 14.9. The van der Waals surface area contributed by atoms with Crippen LogP contribution < -0.4 is 0 Å². The molecule has 168 valence electrons. The Balaban J connectivity index is 1.42. The summed E-state index contributed by atoms with van der Waals surface area (Å²) in [5, 5.41) is 11.1. The Morgan fingerprint density at radius 1 is 1.32 bits per heavy atom. The van der Waals surface area contributed by atoms with Crippen LogP contribution in [0.1, 0.15) is 36.8 Å². The second-order valence-electron chi connectivity index (χ2n) is 8.90. The fourth-order valence-corrected chi connectivity index (χ4v) is 5.56. The Labute approximate surface area is 185 Å². The number of rotatable bonds is 4. The summed E-state index contributed by atoms with van der Waals surface area (Å²) in [5.74, 6) is -0.525. The van der Waals surface area contributed by atoms with E-state index < -0.39 is 11.9 Å². The maximum Gasteiger partial charge on any atom is 0.407 e. The summed E-state index contributed by atoms with van der Waals surface area (Å²) in [4.78, 5) is 27.8. The molecule has 1 aromatic heterocycles. The maximum absolute atomic E-state index is 14.9. The summed E-state index contributed by atoms with van der Waals surface area (Å²) in [5.41, 5.74) is 1.97. The van der Waals surface area contributed by atoms with Crippen molar-refractivity contribution in [1.29, 1.82) is 0 Å². The van der Waals surface area contributed by atoms with Crippen molar-refractivity contribution in [2.24, 2.45) is 0 Å². The first-order valence-electron chi connectivity index (χ1n) is 10.8. The number of carboxylic acid groups (broad SMARTS) is 1. The smallest absolute Gasteiger partial charge is 0.407 e. The summed E-state index contributed by atoms with van der Waals surface area (Å²) in [6.45, 7) is 2.99. The van der Waals surface area contributed by atoms with Crippen molar-refractivity contribution in [3.05, 3.63) is 34.5 Å². The van der Waals surface area contributed by atoms with Gasteiger partial charge in [-0.1, -0.05) is 11.6 Å². The molecule has 5 rings (SSSR count). The zero-order valence-corrected chi connectivity index (χ0v) is 18.3. The number of pyridine rings is 1.